The molecule has 0 aliphatic rings. The second kappa shape index (κ2) is 9.90. The molecule has 0 unspecified atom stereocenters. The first-order valence-corrected chi connectivity index (χ1v) is 10.3. The molecule has 0 spiro atoms. The summed E-state index contributed by atoms with van der Waals surface area (Å²) in [6, 6.07) is 13.2. The van der Waals surface area contributed by atoms with Gasteiger partial charge in [-0.2, -0.15) is 0 Å². The average molecular weight is 443 g/mol. The molecule has 0 atom stereocenters. The van der Waals surface area contributed by atoms with Crippen molar-refractivity contribution in [1.29, 1.82) is 0 Å². The molecule has 3 rings (SSSR count). The Kier molecular flexibility index (Phi) is 7.25. The van der Waals surface area contributed by atoms with Gasteiger partial charge < -0.3 is 24.5 Å². The second-order valence-corrected chi connectivity index (χ2v) is 7.76. The van der Waals surface area contributed by atoms with E-state index in [9.17, 15) is 9.90 Å². The Morgan fingerprint density at radius 3 is 2.35 bits per heavy atom. The van der Waals surface area contributed by atoms with Crippen LogP contribution in [0, 0.1) is 13.8 Å². The number of hydrogen-bond acceptors (Lipinski definition) is 4. The van der Waals surface area contributed by atoms with Gasteiger partial charge >= 0.3 is 5.97 Å². The van der Waals surface area contributed by atoms with E-state index < -0.39 is 5.97 Å². The monoisotopic (exact) mass is 442 g/mol. The normalized spacial score (nSPS) is 10.9. The molecule has 1 aromatic heterocycles. The molecule has 0 aliphatic heterocycles. The maximum atomic E-state index is 12.0. The molecule has 0 saturated heterocycles. The van der Waals surface area contributed by atoms with E-state index in [0.717, 1.165) is 39.6 Å². The molecule has 6 nitrogen and oxygen atoms in total. The molecular formula is C24H27ClN2O4. The van der Waals surface area contributed by atoms with Gasteiger partial charge in [0.05, 0.1) is 19.8 Å². The number of aromatic carboxylic acids is 1. The van der Waals surface area contributed by atoms with E-state index in [-0.39, 0.29) is 0 Å². The fourth-order valence-corrected chi connectivity index (χ4v) is 3.90. The number of methoxy groups -OCH3 is 2. The van der Waals surface area contributed by atoms with Crippen LogP contribution in [0.4, 0.5) is 0 Å². The average Bonchev–Trinajstić information content (AvgIpc) is 2.99. The summed E-state index contributed by atoms with van der Waals surface area (Å²) in [7, 11) is 3.23. The van der Waals surface area contributed by atoms with Crippen LogP contribution >= 0.6 is 11.6 Å². The van der Waals surface area contributed by atoms with Crippen molar-refractivity contribution in [3.8, 4) is 11.5 Å². The number of benzene rings is 2. The van der Waals surface area contributed by atoms with E-state index in [1.807, 2.05) is 60.9 Å². The molecule has 2 N–H and O–H groups in total. The SMILES string of the molecule is COc1ccc(CNCc2c(C(=O)O)c(C)n(Cc3ccc(Cl)cc3)c2C)c(OC)c1. The van der Waals surface area contributed by atoms with Crippen molar-refractivity contribution in [1.82, 2.24) is 9.88 Å². The van der Waals surface area contributed by atoms with Crippen LogP contribution in [-0.2, 0) is 19.6 Å². The third kappa shape index (κ3) is 5.03. The van der Waals surface area contributed by atoms with Gasteiger partial charge in [0.2, 0.25) is 0 Å². The summed E-state index contributed by atoms with van der Waals surface area (Å²) in [5, 5.41) is 13.9. The summed E-state index contributed by atoms with van der Waals surface area (Å²) in [4.78, 5) is 12.0. The Labute approximate surface area is 187 Å². The maximum absolute atomic E-state index is 12.0. The maximum Gasteiger partial charge on any atom is 0.337 e. The van der Waals surface area contributed by atoms with Crippen LogP contribution in [0.2, 0.25) is 5.02 Å². The van der Waals surface area contributed by atoms with Gasteiger partial charge in [0.25, 0.3) is 0 Å². The molecule has 0 fully saturated rings. The zero-order chi connectivity index (χ0) is 22.5. The standard InChI is InChI=1S/C24H27ClN2O4/c1-15-21(13-26-12-18-7-10-20(30-3)11-22(18)31-4)23(24(28)29)16(2)27(15)14-17-5-8-19(25)9-6-17/h5-11,26H,12-14H2,1-4H3,(H,28,29). The summed E-state index contributed by atoms with van der Waals surface area (Å²) in [6.45, 7) is 5.36. The number of nitrogens with zero attached hydrogens (tertiary/aromatic N) is 1. The van der Waals surface area contributed by atoms with Crippen molar-refractivity contribution in [3.05, 3.63) is 81.1 Å². The number of carboxylic acid groups (broad SMARTS) is 1. The van der Waals surface area contributed by atoms with Crippen LogP contribution in [0.5, 0.6) is 11.5 Å². The molecule has 7 heteroatoms. The first-order valence-electron chi connectivity index (χ1n) is 9.93. The second-order valence-electron chi connectivity index (χ2n) is 7.32. The van der Waals surface area contributed by atoms with Gasteiger partial charge in [-0.25, -0.2) is 4.79 Å². The summed E-state index contributed by atoms with van der Waals surface area (Å²) in [5.74, 6) is 0.521. The minimum atomic E-state index is -0.922. The van der Waals surface area contributed by atoms with Crippen LogP contribution in [0.3, 0.4) is 0 Å². The number of nitrogens with one attached hydrogen (secondary N) is 1. The molecule has 0 aliphatic carbocycles. The Hall–Kier alpha value is -2.96. The Morgan fingerprint density at radius 2 is 1.74 bits per heavy atom. The van der Waals surface area contributed by atoms with Crippen molar-refractivity contribution >= 4 is 17.6 Å². The third-order valence-electron chi connectivity index (χ3n) is 5.49. The molecule has 1 heterocycles. The molecule has 0 radical (unpaired) electrons. The molecule has 164 valence electrons. The van der Waals surface area contributed by atoms with E-state index in [2.05, 4.69) is 5.32 Å². The Bertz CT molecular complexity index is 1070. The smallest absolute Gasteiger partial charge is 0.337 e. The van der Waals surface area contributed by atoms with Gasteiger partial charge in [0, 0.05) is 53.2 Å². The van der Waals surface area contributed by atoms with E-state index in [4.69, 9.17) is 21.1 Å². The van der Waals surface area contributed by atoms with Gasteiger partial charge in [-0.05, 0) is 37.6 Å². The summed E-state index contributed by atoms with van der Waals surface area (Å²) >= 11 is 5.99. The predicted octanol–water partition coefficient (Wildman–Crippen LogP) is 4.81. The number of carbonyl (C=O) groups is 1. The zero-order valence-corrected chi connectivity index (χ0v) is 18.9. The van der Waals surface area contributed by atoms with Crippen LogP contribution in [0.25, 0.3) is 0 Å². The quantitative estimate of drug-likeness (QED) is 0.497. The fourth-order valence-electron chi connectivity index (χ4n) is 3.78. The zero-order valence-electron chi connectivity index (χ0n) is 18.2. The summed E-state index contributed by atoms with van der Waals surface area (Å²) in [6.07, 6.45) is 0. The van der Waals surface area contributed by atoms with Crippen LogP contribution in [0.15, 0.2) is 42.5 Å². The molecule has 0 amide bonds. The van der Waals surface area contributed by atoms with Crippen molar-refractivity contribution in [2.45, 2.75) is 33.5 Å². The highest BCUT2D eigenvalue weighted by molar-refractivity contribution is 6.30. The van der Waals surface area contributed by atoms with Gasteiger partial charge in [-0.15, -0.1) is 0 Å². The van der Waals surface area contributed by atoms with Crippen LogP contribution in [-0.4, -0.2) is 29.9 Å². The number of hydrogen-bond donors (Lipinski definition) is 2. The van der Waals surface area contributed by atoms with E-state index in [0.29, 0.717) is 30.2 Å². The minimum Gasteiger partial charge on any atom is -0.497 e. The first kappa shape index (κ1) is 22.7. The Morgan fingerprint density at radius 1 is 1.03 bits per heavy atom. The van der Waals surface area contributed by atoms with Crippen molar-refractivity contribution in [2.75, 3.05) is 14.2 Å². The highest BCUT2D eigenvalue weighted by Gasteiger charge is 2.22. The number of aromatic nitrogens is 1. The Balaban J connectivity index is 1.82. The third-order valence-corrected chi connectivity index (χ3v) is 5.74. The molecule has 3 aromatic rings. The summed E-state index contributed by atoms with van der Waals surface area (Å²) in [5.41, 5.74) is 4.82. The highest BCUT2D eigenvalue weighted by Crippen LogP contribution is 2.26. The van der Waals surface area contributed by atoms with E-state index in [1.165, 1.54) is 0 Å². The van der Waals surface area contributed by atoms with Gasteiger partial charge in [-0.3, -0.25) is 0 Å². The number of halogens is 1. The van der Waals surface area contributed by atoms with Crippen molar-refractivity contribution in [3.63, 3.8) is 0 Å². The van der Waals surface area contributed by atoms with Crippen molar-refractivity contribution in [2.24, 2.45) is 0 Å². The highest BCUT2D eigenvalue weighted by atomic mass is 35.5. The largest absolute Gasteiger partial charge is 0.497 e. The van der Waals surface area contributed by atoms with Gasteiger partial charge in [0.15, 0.2) is 0 Å². The van der Waals surface area contributed by atoms with Crippen LogP contribution < -0.4 is 14.8 Å². The van der Waals surface area contributed by atoms with Crippen LogP contribution in [0.1, 0.15) is 38.4 Å². The number of ether oxygens (including phenoxy) is 2. The lowest BCUT2D eigenvalue weighted by Crippen LogP contribution is -2.16. The van der Waals surface area contributed by atoms with E-state index in [1.54, 1.807) is 14.2 Å². The van der Waals surface area contributed by atoms with Crippen molar-refractivity contribution < 1.29 is 19.4 Å². The molecule has 2 aromatic carbocycles. The lowest BCUT2D eigenvalue weighted by atomic mass is 10.1. The van der Waals surface area contributed by atoms with Gasteiger partial charge in [0.1, 0.15) is 11.5 Å². The number of carboxylic acids is 1. The first-order chi connectivity index (χ1) is 14.8. The lowest BCUT2D eigenvalue weighted by molar-refractivity contribution is 0.0694. The summed E-state index contributed by atoms with van der Waals surface area (Å²) < 4.78 is 12.7. The molecule has 31 heavy (non-hydrogen) atoms. The fraction of sp³-hybridized carbons (Fsp3) is 0.292. The minimum absolute atomic E-state index is 0.348. The molecule has 0 bridgehead atoms. The molecule has 0 saturated carbocycles. The number of rotatable bonds is 9. The lowest BCUT2D eigenvalue weighted by Gasteiger charge is -2.12. The molecular weight excluding hydrogens is 416 g/mol. The van der Waals surface area contributed by atoms with Gasteiger partial charge in [-0.1, -0.05) is 29.8 Å². The topological polar surface area (TPSA) is 72.7 Å². The predicted molar refractivity (Wildman–Crippen MR) is 122 cm³/mol. The van der Waals surface area contributed by atoms with E-state index >= 15 is 0 Å².